The minimum atomic E-state index is -1.29. The Morgan fingerprint density at radius 2 is 1.73 bits per heavy atom. The van der Waals surface area contributed by atoms with Crippen LogP contribution in [0.2, 0.25) is 0 Å². The van der Waals surface area contributed by atoms with E-state index < -0.39 is 24.4 Å². The van der Waals surface area contributed by atoms with Gasteiger partial charge in [-0.25, -0.2) is 0 Å². The van der Waals surface area contributed by atoms with Gasteiger partial charge in [-0.1, -0.05) is 0 Å². The molecule has 0 aliphatic carbocycles. The second kappa shape index (κ2) is 8.99. The Kier molecular flexibility index (Phi) is 14.6. The second-order valence-electron chi connectivity index (χ2n) is 1.54. The van der Waals surface area contributed by atoms with Gasteiger partial charge in [-0.15, -0.1) is 0 Å². The van der Waals surface area contributed by atoms with Crippen molar-refractivity contribution in [3.05, 3.63) is 0 Å². The largest absolute Gasteiger partial charge is 1.00 e. The molecule has 0 saturated heterocycles. The van der Waals surface area contributed by atoms with Crippen LogP contribution in [0.3, 0.4) is 0 Å². The SMILES string of the molecule is NC(CC(=O)O)C(=O)O.[H-].[H-].[Na+].[Na+]. The quantitative estimate of drug-likeness (QED) is 0.376. The molecule has 7 heteroatoms. The van der Waals surface area contributed by atoms with Crippen molar-refractivity contribution in [1.82, 2.24) is 0 Å². The molecule has 11 heavy (non-hydrogen) atoms. The van der Waals surface area contributed by atoms with Crippen molar-refractivity contribution in [2.45, 2.75) is 12.5 Å². The Morgan fingerprint density at radius 1 is 1.36 bits per heavy atom. The summed E-state index contributed by atoms with van der Waals surface area (Å²) in [4.78, 5) is 19.6. The minimum Gasteiger partial charge on any atom is -1.00 e. The van der Waals surface area contributed by atoms with E-state index >= 15 is 0 Å². The average Bonchev–Trinajstić information content (AvgIpc) is 1.63. The van der Waals surface area contributed by atoms with Crippen LogP contribution >= 0.6 is 0 Å². The summed E-state index contributed by atoms with van der Waals surface area (Å²) in [7, 11) is 0. The maximum absolute atomic E-state index is 9.85. The van der Waals surface area contributed by atoms with Gasteiger partial charge in [-0.05, 0) is 0 Å². The molecular weight excluding hydrogens is 172 g/mol. The first kappa shape index (κ1) is 17.8. The van der Waals surface area contributed by atoms with Crippen molar-refractivity contribution in [2.24, 2.45) is 5.73 Å². The molecule has 0 rings (SSSR count). The van der Waals surface area contributed by atoms with Gasteiger partial charge in [0.05, 0.1) is 6.42 Å². The monoisotopic (exact) mass is 181 g/mol. The molecule has 0 radical (unpaired) electrons. The van der Waals surface area contributed by atoms with Gasteiger partial charge < -0.3 is 18.8 Å². The number of aliphatic carboxylic acids is 2. The standard InChI is InChI=1S/C4H7NO4.2Na.2H/c5-2(4(8)9)1-3(6)7;;;;/h2H,1,5H2,(H,6,7)(H,8,9);;;;/q;2*+1;2*-1. The van der Waals surface area contributed by atoms with Crippen LogP contribution in [0.1, 0.15) is 9.27 Å². The molecule has 4 N–H and O–H groups in total. The zero-order valence-electron chi connectivity index (χ0n) is 8.57. The summed E-state index contributed by atoms with van der Waals surface area (Å²) in [6.45, 7) is 0. The second-order valence-corrected chi connectivity index (χ2v) is 1.54. The van der Waals surface area contributed by atoms with Crippen LogP contribution in [0.5, 0.6) is 0 Å². The first-order chi connectivity index (χ1) is 4.04. The van der Waals surface area contributed by atoms with Gasteiger partial charge in [0.15, 0.2) is 0 Å². The zero-order chi connectivity index (χ0) is 7.44. The van der Waals surface area contributed by atoms with Crippen molar-refractivity contribution in [1.29, 1.82) is 0 Å². The Balaban J connectivity index is -0.0000000533. The Morgan fingerprint density at radius 3 is 1.82 bits per heavy atom. The number of carbonyl (C=O) groups is 2. The summed E-state index contributed by atoms with van der Waals surface area (Å²) >= 11 is 0. The first-order valence-corrected chi connectivity index (χ1v) is 2.24. The van der Waals surface area contributed by atoms with E-state index in [2.05, 4.69) is 0 Å². The predicted octanol–water partition coefficient (Wildman–Crippen LogP) is -6.89. The van der Waals surface area contributed by atoms with E-state index in [1.165, 1.54) is 0 Å². The van der Waals surface area contributed by atoms with E-state index in [1.54, 1.807) is 0 Å². The Hall–Kier alpha value is 0.900. The van der Waals surface area contributed by atoms with Gasteiger partial charge in [0.1, 0.15) is 6.04 Å². The third-order valence-corrected chi connectivity index (χ3v) is 0.712. The Labute approximate surface area is 111 Å². The average molecular weight is 181 g/mol. The summed E-state index contributed by atoms with van der Waals surface area (Å²) in [5.74, 6) is -2.50. The van der Waals surface area contributed by atoms with E-state index in [1.807, 2.05) is 0 Å². The van der Waals surface area contributed by atoms with Crippen LogP contribution in [0.4, 0.5) is 0 Å². The first-order valence-electron chi connectivity index (χ1n) is 2.24. The normalized spacial score (nSPS) is 10.3. The molecule has 1 atom stereocenters. The maximum Gasteiger partial charge on any atom is 1.00 e. The zero-order valence-corrected chi connectivity index (χ0v) is 10.6. The van der Waals surface area contributed by atoms with Gasteiger partial charge in [-0.3, -0.25) is 9.59 Å². The van der Waals surface area contributed by atoms with Crippen LogP contribution in [-0.2, 0) is 9.59 Å². The minimum absolute atomic E-state index is 0. The molecule has 0 bridgehead atoms. The number of carboxylic acid groups (broad SMARTS) is 2. The molecule has 0 aromatic carbocycles. The van der Waals surface area contributed by atoms with Gasteiger partial charge in [0.25, 0.3) is 0 Å². The molecule has 56 valence electrons. The third kappa shape index (κ3) is 10.9. The van der Waals surface area contributed by atoms with E-state index in [-0.39, 0.29) is 62.0 Å². The molecule has 0 fully saturated rings. The van der Waals surface area contributed by atoms with Gasteiger partial charge in [0, 0.05) is 0 Å². The third-order valence-electron chi connectivity index (χ3n) is 0.712. The number of carboxylic acids is 2. The molecule has 0 aliphatic heterocycles. The summed E-state index contributed by atoms with van der Waals surface area (Å²) in [6, 6.07) is -1.29. The summed E-state index contributed by atoms with van der Waals surface area (Å²) in [5.41, 5.74) is 4.84. The molecule has 0 spiro atoms. The van der Waals surface area contributed by atoms with E-state index in [0.717, 1.165) is 0 Å². The van der Waals surface area contributed by atoms with Crippen molar-refractivity contribution in [3.63, 3.8) is 0 Å². The smallest absolute Gasteiger partial charge is 1.00 e. The molecule has 0 aromatic heterocycles. The fourth-order valence-corrected chi connectivity index (χ4v) is 0.275. The van der Waals surface area contributed by atoms with Crippen LogP contribution in [0, 0.1) is 0 Å². The van der Waals surface area contributed by atoms with E-state index in [4.69, 9.17) is 15.9 Å². The van der Waals surface area contributed by atoms with Gasteiger partial charge in [0.2, 0.25) is 0 Å². The molecule has 0 heterocycles. The van der Waals surface area contributed by atoms with E-state index in [9.17, 15) is 9.59 Å². The molecule has 5 nitrogen and oxygen atoms in total. The fourth-order valence-electron chi connectivity index (χ4n) is 0.275. The maximum atomic E-state index is 9.85. The molecule has 0 amide bonds. The Bertz CT molecular complexity index is 148. The molecule has 0 saturated carbocycles. The molecular formula is C4H9NNa2O4. The number of rotatable bonds is 3. The summed E-state index contributed by atoms with van der Waals surface area (Å²) < 4.78 is 0. The summed E-state index contributed by atoms with van der Waals surface area (Å²) in [5, 5.41) is 16.0. The van der Waals surface area contributed by atoms with Crippen molar-refractivity contribution >= 4 is 11.9 Å². The number of hydrogen-bond acceptors (Lipinski definition) is 3. The van der Waals surface area contributed by atoms with Crippen molar-refractivity contribution < 1.29 is 81.8 Å². The van der Waals surface area contributed by atoms with E-state index in [0.29, 0.717) is 0 Å². The van der Waals surface area contributed by atoms with Gasteiger partial charge >= 0.3 is 71.1 Å². The topological polar surface area (TPSA) is 101 Å². The fraction of sp³-hybridized carbons (Fsp3) is 0.500. The number of hydrogen-bond donors (Lipinski definition) is 3. The molecule has 0 aromatic rings. The van der Waals surface area contributed by atoms with Crippen LogP contribution in [-0.4, -0.2) is 28.2 Å². The summed E-state index contributed by atoms with van der Waals surface area (Å²) in [6.07, 6.45) is -0.532. The predicted molar refractivity (Wildman–Crippen MR) is 30.1 cm³/mol. The van der Waals surface area contributed by atoms with Gasteiger partial charge in [-0.2, -0.15) is 0 Å². The number of nitrogens with two attached hydrogens (primary N) is 1. The van der Waals surface area contributed by atoms with Crippen LogP contribution < -0.4 is 64.8 Å². The van der Waals surface area contributed by atoms with Crippen molar-refractivity contribution in [2.75, 3.05) is 0 Å². The van der Waals surface area contributed by atoms with Crippen LogP contribution in [0.15, 0.2) is 0 Å². The van der Waals surface area contributed by atoms with Crippen LogP contribution in [0.25, 0.3) is 0 Å². The molecule has 0 aliphatic rings. The van der Waals surface area contributed by atoms with Crippen molar-refractivity contribution in [3.8, 4) is 0 Å². The molecule has 1 unspecified atom stereocenters.